The molecule has 0 aromatic heterocycles. The first-order valence-electron chi connectivity index (χ1n) is 5.24. The van der Waals surface area contributed by atoms with Crippen LogP contribution < -0.4 is 0 Å². The van der Waals surface area contributed by atoms with E-state index in [0.717, 1.165) is 5.56 Å². The molecule has 1 aromatic carbocycles. The quantitative estimate of drug-likeness (QED) is 0.782. The highest BCUT2D eigenvalue weighted by Crippen LogP contribution is 2.10. The molecule has 0 bridgehead atoms. The lowest BCUT2D eigenvalue weighted by Crippen LogP contribution is -2.25. The van der Waals surface area contributed by atoms with E-state index in [4.69, 9.17) is 0 Å². The van der Waals surface area contributed by atoms with Gasteiger partial charge in [-0.05, 0) is 37.0 Å². The molecular formula is C12H17FO2. The fourth-order valence-corrected chi connectivity index (χ4v) is 1.43. The number of aliphatic hydroxyl groups is 2. The lowest BCUT2D eigenvalue weighted by molar-refractivity contribution is 0.0130. The van der Waals surface area contributed by atoms with Gasteiger partial charge in [-0.15, -0.1) is 0 Å². The number of rotatable bonds is 5. The number of benzene rings is 1. The van der Waals surface area contributed by atoms with Crippen LogP contribution in [0.25, 0.3) is 0 Å². The first kappa shape index (κ1) is 12.1. The molecule has 0 saturated carbocycles. The maximum Gasteiger partial charge on any atom is 0.123 e. The second kappa shape index (κ2) is 5.83. The summed E-state index contributed by atoms with van der Waals surface area (Å²) in [5, 5.41) is 18.8. The Kier molecular flexibility index (Phi) is 4.72. The van der Waals surface area contributed by atoms with Gasteiger partial charge in [0, 0.05) is 0 Å². The van der Waals surface area contributed by atoms with Crippen molar-refractivity contribution in [3.05, 3.63) is 35.6 Å². The minimum Gasteiger partial charge on any atom is -0.390 e. The summed E-state index contributed by atoms with van der Waals surface area (Å²) in [5.74, 6) is -0.257. The predicted octanol–water partition coefficient (Wildman–Crippen LogP) is 1.89. The molecule has 0 fully saturated rings. The zero-order valence-corrected chi connectivity index (χ0v) is 8.86. The number of aliphatic hydroxyl groups excluding tert-OH is 2. The Morgan fingerprint density at radius 2 is 1.73 bits per heavy atom. The molecule has 0 spiro atoms. The van der Waals surface area contributed by atoms with E-state index in [0.29, 0.717) is 19.3 Å². The Labute approximate surface area is 89.4 Å². The third kappa shape index (κ3) is 3.98. The van der Waals surface area contributed by atoms with Crippen LogP contribution in [0.2, 0.25) is 0 Å². The van der Waals surface area contributed by atoms with Gasteiger partial charge in [0.2, 0.25) is 0 Å². The van der Waals surface area contributed by atoms with E-state index in [-0.39, 0.29) is 5.82 Å². The van der Waals surface area contributed by atoms with E-state index >= 15 is 0 Å². The van der Waals surface area contributed by atoms with Crippen LogP contribution in [0.1, 0.15) is 25.3 Å². The third-order valence-electron chi connectivity index (χ3n) is 2.50. The average molecular weight is 212 g/mol. The van der Waals surface area contributed by atoms with Crippen LogP contribution in [-0.2, 0) is 6.42 Å². The molecule has 84 valence electrons. The Hall–Kier alpha value is -0.930. The lowest BCUT2D eigenvalue weighted by atomic mass is 10.0. The topological polar surface area (TPSA) is 40.5 Å². The largest absolute Gasteiger partial charge is 0.390 e. The van der Waals surface area contributed by atoms with Crippen LogP contribution in [0, 0.1) is 5.82 Å². The Morgan fingerprint density at radius 3 is 2.27 bits per heavy atom. The summed E-state index contributed by atoms with van der Waals surface area (Å²) >= 11 is 0. The zero-order chi connectivity index (χ0) is 11.3. The second-order valence-electron chi connectivity index (χ2n) is 3.71. The highest BCUT2D eigenvalue weighted by molar-refractivity contribution is 5.16. The van der Waals surface area contributed by atoms with E-state index in [2.05, 4.69) is 0 Å². The molecule has 0 amide bonds. The van der Waals surface area contributed by atoms with Gasteiger partial charge < -0.3 is 10.2 Å². The summed E-state index contributed by atoms with van der Waals surface area (Å²) in [4.78, 5) is 0. The summed E-state index contributed by atoms with van der Waals surface area (Å²) in [5.41, 5.74) is 0.971. The van der Waals surface area contributed by atoms with Gasteiger partial charge in [0.25, 0.3) is 0 Å². The molecule has 0 aliphatic rings. The summed E-state index contributed by atoms with van der Waals surface area (Å²) in [7, 11) is 0. The minimum absolute atomic E-state index is 0.257. The minimum atomic E-state index is -0.694. The number of aryl methyl sites for hydroxylation is 1. The first-order valence-corrected chi connectivity index (χ1v) is 5.24. The predicted molar refractivity (Wildman–Crippen MR) is 57.0 cm³/mol. The third-order valence-corrected chi connectivity index (χ3v) is 2.50. The molecule has 3 heteroatoms. The fraction of sp³-hybridized carbons (Fsp3) is 0.500. The van der Waals surface area contributed by atoms with Crippen molar-refractivity contribution < 1.29 is 14.6 Å². The number of hydrogen-bond donors (Lipinski definition) is 2. The van der Waals surface area contributed by atoms with Crippen LogP contribution in [0.5, 0.6) is 0 Å². The maximum atomic E-state index is 12.6. The van der Waals surface area contributed by atoms with Crippen molar-refractivity contribution in [1.29, 1.82) is 0 Å². The summed E-state index contributed by atoms with van der Waals surface area (Å²) in [6.45, 7) is 1.83. The van der Waals surface area contributed by atoms with Crippen LogP contribution >= 0.6 is 0 Å². The van der Waals surface area contributed by atoms with E-state index in [1.807, 2.05) is 6.92 Å². The van der Waals surface area contributed by atoms with Gasteiger partial charge in [-0.3, -0.25) is 0 Å². The molecule has 0 radical (unpaired) electrons. The summed E-state index contributed by atoms with van der Waals surface area (Å²) in [6, 6.07) is 6.19. The molecule has 2 atom stereocenters. The van der Waals surface area contributed by atoms with Crippen LogP contribution in [-0.4, -0.2) is 22.4 Å². The highest BCUT2D eigenvalue weighted by atomic mass is 19.1. The normalized spacial score (nSPS) is 14.9. The monoisotopic (exact) mass is 212 g/mol. The molecule has 0 heterocycles. The molecule has 0 aliphatic heterocycles. The smallest absolute Gasteiger partial charge is 0.123 e. The van der Waals surface area contributed by atoms with Crippen LogP contribution in [0.3, 0.4) is 0 Å². The fourth-order valence-electron chi connectivity index (χ4n) is 1.43. The van der Waals surface area contributed by atoms with Crippen LogP contribution in [0.15, 0.2) is 24.3 Å². The molecule has 1 rings (SSSR count). The van der Waals surface area contributed by atoms with E-state index in [1.165, 1.54) is 12.1 Å². The van der Waals surface area contributed by atoms with Crippen molar-refractivity contribution in [3.8, 4) is 0 Å². The molecule has 1 aromatic rings. The second-order valence-corrected chi connectivity index (χ2v) is 3.71. The first-order chi connectivity index (χ1) is 7.13. The molecule has 2 unspecified atom stereocenters. The summed E-state index contributed by atoms with van der Waals surface area (Å²) in [6.07, 6.45) is 0.342. The van der Waals surface area contributed by atoms with Crippen LogP contribution in [0.4, 0.5) is 4.39 Å². The maximum absolute atomic E-state index is 12.6. The molecule has 2 N–H and O–H groups in total. The lowest BCUT2D eigenvalue weighted by Gasteiger charge is -2.15. The van der Waals surface area contributed by atoms with Gasteiger partial charge in [0.1, 0.15) is 5.82 Å². The molecular weight excluding hydrogens is 195 g/mol. The van der Waals surface area contributed by atoms with Gasteiger partial charge in [0.15, 0.2) is 0 Å². The number of halogens is 1. The standard InChI is InChI=1S/C12H17FO2/c1-2-11(14)12(15)8-5-9-3-6-10(13)7-4-9/h3-4,6-7,11-12,14-15H,2,5,8H2,1H3. The van der Waals surface area contributed by atoms with Crippen molar-refractivity contribution in [2.75, 3.05) is 0 Å². The average Bonchev–Trinajstić information content (AvgIpc) is 2.26. The van der Waals surface area contributed by atoms with Gasteiger partial charge in [-0.2, -0.15) is 0 Å². The van der Waals surface area contributed by atoms with Crippen molar-refractivity contribution in [3.63, 3.8) is 0 Å². The van der Waals surface area contributed by atoms with E-state index in [1.54, 1.807) is 12.1 Å². The Balaban J connectivity index is 2.40. The Morgan fingerprint density at radius 1 is 1.13 bits per heavy atom. The van der Waals surface area contributed by atoms with Gasteiger partial charge in [0.05, 0.1) is 12.2 Å². The van der Waals surface area contributed by atoms with Crippen molar-refractivity contribution >= 4 is 0 Å². The van der Waals surface area contributed by atoms with E-state index in [9.17, 15) is 14.6 Å². The molecule has 2 nitrogen and oxygen atoms in total. The molecule has 15 heavy (non-hydrogen) atoms. The molecule has 0 saturated heterocycles. The number of hydrogen-bond acceptors (Lipinski definition) is 2. The highest BCUT2D eigenvalue weighted by Gasteiger charge is 2.13. The SMILES string of the molecule is CCC(O)C(O)CCc1ccc(F)cc1. The van der Waals surface area contributed by atoms with Gasteiger partial charge in [-0.25, -0.2) is 4.39 Å². The van der Waals surface area contributed by atoms with Crippen molar-refractivity contribution in [2.24, 2.45) is 0 Å². The van der Waals surface area contributed by atoms with Crippen molar-refractivity contribution in [2.45, 2.75) is 38.4 Å². The van der Waals surface area contributed by atoms with Crippen molar-refractivity contribution in [1.82, 2.24) is 0 Å². The van der Waals surface area contributed by atoms with Gasteiger partial charge >= 0.3 is 0 Å². The summed E-state index contributed by atoms with van der Waals surface area (Å²) < 4.78 is 12.6. The van der Waals surface area contributed by atoms with E-state index < -0.39 is 12.2 Å². The van der Waals surface area contributed by atoms with Gasteiger partial charge in [-0.1, -0.05) is 19.1 Å². The zero-order valence-electron chi connectivity index (χ0n) is 8.86. The molecule has 0 aliphatic carbocycles. The Bertz CT molecular complexity index is 284.